The lowest BCUT2D eigenvalue weighted by Crippen LogP contribution is -2.48. The van der Waals surface area contributed by atoms with Gasteiger partial charge in [-0.3, -0.25) is 10.2 Å². The van der Waals surface area contributed by atoms with Crippen LogP contribution in [0.15, 0.2) is 143 Å². The Kier molecular flexibility index (Phi) is 17.8. The zero-order valence-electron chi connectivity index (χ0n) is 35.0. The van der Waals surface area contributed by atoms with Gasteiger partial charge in [-0.15, -0.1) is 0 Å². The molecule has 0 unspecified atom stereocenters. The minimum atomic E-state index is -0.451. The predicted octanol–water partition coefficient (Wildman–Crippen LogP) is 8.95. The summed E-state index contributed by atoms with van der Waals surface area (Å²) in [6.45, 7) is 14.3. The third-order valence-electron chi connectivity index (χ3n) is 11.4. The summed E-state index contributed by atoms with van der Waals surface area (Å²) < 4.78 is 17.5. The van der Waals surface area contributed by atoms with Crippen LogP contribution >= 0.6 is 23.4 Å². The number of ether oxygens (including phenoxy) is 3. The van der Waals surface area contributed by atoms with Gasteiger partial charge in [-0.25, -0.2) is 0 Å². The highest BCUT2D eigenvalue weighted by molar-refractivity contribution is 7.99. The first kappa shape index (κ1) is 44.3. The Hall–Kier alpha value is -3.74. The minimum absolute atomic E-state index is 0.451. The maximum Gasteiger partial charge on any atom is 0.0947 e. The number of piperazine rings is 1. The standard InChI is InChI=1S/C50H62ClN5O3S/c51-45-23-24-49-47(41-45)56(46-21-10-11-22-48(46)60-49)29-14-28-54-31-33-55(34-32-54)30-27-52-25-12-35-57-37-39-59-40-38-58-36-13-26-53-50(42-15-4-1-5-16-42,43-17-6-2-7-18-43)44-19-8-3-9-20-44/h1-11,15-24,41,52-53H,12-14,25-40H2. The molecule has 60 heavy (non-hydrogen) atoms. The predicted molar refractivity (Wildman–Crippen MR) is 248 cm³/mol. The number of hydrogen-bond donors (Lipinski definition) is 2. The fourth-order valence-corrected chi connectivity index (χ4v) is 9.50. The molecule has 318 valence electrons. The van der Waals surface area contributed by atoms with Crippen LogP contribution in [-0.4, -0.2) is 115 Å². The molecule has 0 atom stereocenters. The lowest BCUT2D eigenvalue weighted by Gasteiger charge is -2.37. The van der Waals surface area contributed by atoms with Gasteiger partial charge in [0.15, 0.2) is 0 Å². The highest BCUT2D eigenvalue weighted by Gasteiger charge is 2.35. The zero-order chi connectivity index (χ0) is 41.1. The van der Waals surface area contributed by atoms with Gasteiger partial charge >= 0.3 is 0 Å². The Morgan fingerprint density at radius 3 is 1.63 bits per heavy atom. The Labute approximate surface area is 367 Å². The van der Waals surface area contributed by atoms with Crippen molar-refractivity contribution in [2.75, 3.05) is 110 Å². The van der Waals surface area contributed by atoms with Crippen LogP contribution in [0.25, 0.3) is 0 Å². The molecule has 8 nitrogen and oxygen atoms in total. The number of anilines is 2. The number of hydrogen-bond acceptors (Lipinski definition) is 9. The molecule has 0 aromatic heterocycles. The molecule has 5 aromatic rings. The van der Waals surface area contributed by atoms with Crippen molar-refractivity contribution in [1.82, 2.24) is 20.4 Å². The first-order valence-corrected chi connectivity index (χ1v) is 23.0. The minimum Gasteiger partial charge on any atom is -0.379 e. The second-order valence-electron chi connectivity index (χ2n) is 15.4. The Bertz CT molecular complexity index is 1870. The van der Waals surface area contributed by atoms with Gasteiger partial charge in [0.2, 0.25) is 0 Å². The second-order valence-corrected chi connectivity index (χ2v) is 17.0. The molecule has 5 aromatic carbocycles. The number of halogens is 1. The lowest BCUT2D eigenvalue weighted by molar-refractivity contribution is 0.0137. The van der Waals surface area contributed by atoms with Crippen molar-refractivity contribution in [3.63, 3.8) is 0 Å². The van der Waals surface area contributed by atoms with Crippen molar-refractivity contribution < 1.29 is 14.2 Å². The van der Waals surface area contributed by atoms with Gasteiger partial charge in [0.05, 0.1) is 43.3 Å². The van der Waals surface area contributed by atoms with E-state index in [1.807, 2.05) is 17.8 Å². The first-order chi connectivity index (χ1) is 29.7. The molecule has 2 heterocycles. The molecule has 1 fully saturated rings. The Balaban J connectivity index is 0.678. The number of nitrogens with zero attached hydrogens (tertiary/aromatic N) is 3. The van der Waals surface area contributed by atoms with E-state index in [1.165, 1.54) is 37.9 Å². The van der Waals surface area contributed by atoms with Crippen molar-refractivity contribution in [3.8, 4) is 0 Å². The Morgan fingerprint density at radius 1 is 0.500 bits per heavy atom. The molecule has 0 spiro atoms. The summed E-state index contributed by atoms with van der Waals surface area (Å²) >= 11 is 8.26. The average molecular weight is 849 g/mol. The van der Waals surface area contributed by atoms with Crippen LogP contribution in [0.5, 0.6) is 0 Å². The zero-order valence-corrected chi connectivity index (χ0v) is 36.6. The SMILES string of the molecule is Clc1ccc2c(c1)N(CCCN1CCN(CCNCCCOCCOCCOCCCNC(c3ccccc3)(c3ccccc3)c3ccccc3)CC1)c1ccccc1S2. The molecule has 2 aliphatic heterocycles. The molecule has 7 rings (SSSR count). The molecular formula is C50H62ClN5O3S. The van der Waals surface area contributed by atoms with Crippen molar-refractivity contribution in [3.05, 3.63) is 155 Å². The van der Waals surface area contributed by atoms with Crippen LogP contribution in [0, 0.1) is 0 Å². The Morgan fingerprint density at radius 2 is 1.02 bits per heavy atom. The van der Waals surface area contributed by atoms with E-state index in [1.54, 1.807) is 0 Å². The summed E-state index contributed by atoms with van der Waals surface area (Å²) in [7, 11) is 0. The summed E-state index contributed by atoms with van der Waals surface area (Å²) in [5.74, 6) is 0. The van der Waals surface area contributed by atoms with Gasteiger partial charge in [0, 0.05) is 73.8 Å². The molecule has 0 aliphatic carbocycles. The van der Waals surface area contributed by atoms with Crippen LogP contribution in [0.4, 0.5) is 11.4 Å². The van der Waals surface area contributed by atoms with E-state index in [-0.39, 0.29) is 0 Å². The molecular weight excluding hydrogens is 786 g/mol. The van der Waals surface area contributed by atoms with Gasteiger partial charge in [0.1, 0.15) is 0 Å². The average Bonchev–Trinajstić information content (AvgIpc) is 3.30. The van der Waals surface area contributed by atoms with E-state index >= 15 is 0 Å². The molecule has 0 saturated carbocycles. The third-order valence-corrected chi connectivity index (χ3v) is 12.7. The number of fused-ring (bicyclic) bond motifs is 2. The fraction of sp³-hybridized carbons (Fsp3) is 0.400. The summed E-state index contributed by atoms with van der Waals surface area (Å²) in [5, 5.41) is 8.32. The summed E-state index contributed by atoms with van der Waals surface area (Å²) in [4.78, 5) is 10.3. The van der Waals surface area contributed by atoms with E-state index in [0.717, 1.165) is 96.3 Å². The first-order valence-electron chi connectivity index (χ1n) is 21.8. The molecule has 2 aliphatic rings. The van der Waals surface area contributed by atoms with E-state index in [0.29, 0.717) is 33.0 Å². The number of rotatable bonds is 25. The van der Waals surface area contributed by atoms with Crippen LogP contribution in [0.3, 0.4) is 0 Å². The largest absolute Gasteiger partial charge is 0.379 e. The van der Waals surface area contributed by atoms with Crippen molar-refractivity contribution in [1.29, 1.82) is 0 Å². The maximum atomic E-state index is 6.42. The quantitative estimate of drug-likeness (QED) is 0.0443. The molecule has 1 saturated heterocycles. The van der Waals surface area contributed by atoms with E-state index < -0.39 is 5.54 Å². The van der Waals surface area contributed by atoms with Crippen LogP contribution in [0.2, 0.25) is 5.02 Å². The molecule has 10 heteroatoms. The van der Waals surface area contributed by atoms with Crippen molar-refractivity contribution in [2.45, 2.75) is 34.6 Å². The second kappa shape index (κ2) is 24.0. The van der Waals surface area contributed by atoms with E-state index in [9.17, 15) is 0 Å². The van der Waals surface area contributed by atoms with Gasteiger partial charge in [0.25, 0.3) is 0 Å². The number of para-hydroxylation sites is 1. The topological polar surface area (TPSA) is 61.5 Å². The third kappa shape index (κ3) is 12.4. The van der Waals surface area contributed by atoms with Crippen LogP contribution < -0.4 is 15.5 Å². The molecule has 0 bridgehead atoms. The van der Waals surface area contributed by atoms with Crippen LogP contribution in [0.1, 0.15) is 36.0 Å². The summed E-state index contributed by atoms with van der Waals surface area (Å²) in [6.07, 6.45) is 3.02. The molecule has 0 amide bonds. The van der Waals surface area contributed by atoms with Gasteiger partial charge in [-0.2, -0.15) is 0 Å². The summed E-state index contributed by atoms with van der Waals surface area (Å²) in [6, 6.07) is 47.1. The monoisotopic (exact) mass is 847 g/mol. The van der Waals surface area contributed by atoms with Gasteiger partial charge in [-0.05, 0) is 85.9 Å². The summed E-state index contributed by atoms with van der Waals surface area (Å²) in [5.41, 5.74) is 5.72. The van der Waals surface area contributed by atoms with E-state index in [4.69, 9.17) is 25.8 Å². The highest BCUT2D eigenvalue weighted by Crippen LogP contribution is 2.48. The van der Waals surface area contributed by atoms with Crippen molar-refractivity contribution in [2.24, 2.45) is 0 Å². The smallest absolute Gasteiger partial charge is 0.0947 e. The lowest BCUT2D eigenvalue weighted by atomic mass is 9.77. The number of benzene rings is 5. The highest BCUT2D eigenvalue weighted by atomic mass is 35.5. The maximum absolute atomic E-state index is 6.42. The normalized spacial score (nSPS) is 14.6. The fourth-order valence-electron chi connectivity index (χ4n) is 8.26. The van der Waals surface area contributed by atoms with Gasteiger partial charge in [-0.1, -0.05) is 126 Å². The van der Waals surface area contributed by atoms with Crippen molar-refractivity contribution >= 4 is 34.7 Å². The molecule has 0 radical (unpaired) electrons. The van der Waals surface area contributed by atoms with E-state index in [2.05, 4.69) is 153 Å². The van der Waals surface area contributed by atoms with Crippen LogP contribution in [-0.2, 0) is 19.7 Å². The number of nitrogens with one attached hydrogen (secondary N) is 2. The van der Waals surface area contributed by atoms with Gasteiger partial charge < -0.3 is 29.3 Å². The molecule has 2 N–H and O–H groups in total.